The molecule has 3 nitrogen and oxygen atoms in total. The molecule has 3 heteroatoms. The molecule has 0 bridgehead atoms. The fourth-order valence-electron chi connectivity index (χ4n) is 1.73. The maximum atomic E-state index is 5.65. The maximum absolute atomic E-state index is 5.65. The lowest BCUT2D eigenvalue weighted by Gasteiger charge is -2.07. The fourth-order valence-corrected chi connectivity index (χ4v) is 1.73. The van der Waals surface area contributed by atoms with Gasteiger partial charge in [0.1, 0.15) is 0 Å². The normalized spacial score (nSPS) is 14.9. The van der Waals surface area contributed by atoms with Gasteiger partial charge in [-0.05, 0) is 37.7 Å². The molecule has 0 radical (unpaired) electrons. The van der Waals surface area contributed by atoms with Crippen LogP contribution >= 0.6 is 0 Å². The first-order valence-electron chi connectivity index (χ1n) is 6.11. The molecule has 0 atom stereocenters. The molecule has 0 unspecified atom stereocenters. The summed E-state index contributed by atoms with van der Waals surface area (Å²) < 4.78 is 11.2. The van der Waals surface area contributed by atoms with Crippen molar-refractivity contribution < 1.29 is 9.47 Å². The quantitative estimate of drug-likeness (QED) is 0.810. The Morgan fingerprint density at radius 1 is 1.24 bits per heavy atom. The van der Waals surface area contributed by atoms with Crippen molar-refractivity contribution in [2.45, 2.75) is 12.8 Å². The van der Waals surface area contributed by atoms with Crippen molar-refractivity contribution in [2.75, 3.05) is 26.8 Å². The molecule has 1 aliphatic heterocycles. The standard InChI is InChI=1S/C14H19NO2/c1-15-8-3-2-5-12-6-7-13-14(11-12)17-10-4-9-16-13/h2,5-7,11,15H,3-4,8-10H2,1H3. The molecular weight excluding hydrogens is 214 g/mol. The lowest BCUT2D eigenvalue weighted by molar-refractivity contribution is 0.297. The lowest BCUT2D eigenvalue weighted by Crippen LogP contribution is -2.05. The number of fused-ring (bicyclic) bond motifs is 1. The van der Waals surface area contributed by atoms with Crippen molar-refractivity contribution in [3.8, 4) is 11.5 Å². The number of benzene rings is 1. The maximum Gasteiger partial charge on any atom is 0.161 e. The molecule has 0 saturated carbocycles. The summed E-state index contributed by atoms with van der Waals surface area (Å²) in [6, 6.07) is 6.08. The Balaban J connectivity index is 2.04. The van der Waals surface area contributed by atoms with E-state index in [4.69, 9.17) is 9.47 Å². The molecule has 0 aromatic heterocycles. The van der Waals surface area contributed by atoms with Crippen LogP contribution in [-0.4, -0.2) is 26.8 Å². The number of hydrogen-bond acceptors (Lipinski definition) is 3. The summed E-state index contributed by atoms with van der Waals surface area (Å²) in [7, 11) is 1.96. The number of rotatable bonds is 4. The number of hydrogen-bond donors (Lipinski definition) is 1. The van der Waals surface area contributed by atoms with Crippen molar-refractivity contribution in [3.63, 3.8) is 0 Å². The van der Waals surface area contributed by atoms with Crippen molar-refractivity contribution in [1.29, 1.82) is 0 Å². The highest BCUT2D eigenvalue weighted by molar-refractivity contribution is 5.56. The first-order chi connectivity index (χ1) is 8.40. The summed E-state index contributed by atoms with van der Waals surface area (Å²) in [6.45, 7) is 2.48. The van der Waals surface area contributed by atoms with E-state index in [0.717, 1.165) is 49.7 Å². The van der Waals surface area contributed by atoms with E-state index in [1.165, 1.54) is 0 Å². The van der Waals surface area contributed by atoms with Crippen LogP contribution in [0.5, 0.6) is 11.5 Å². The first kappa shape index (κ1) is 12.0. The second-order valence-corrected chi connectivity index (χ2v) is 4.05. The van der Waals surface area contributed by atoms with Gasteiger partial charge in [0.25, 0.3) is 0 Å². The molecule has 1 N–H and O–H groups in total. The van der Waals surface area contributed by atoms with Gasteiger partial charge in [-0.2, -0.15) is 0 Å². The molecule has 1 aromatic carbocycles. The Morgan fingerprint density at radius 3 is 2.88 bits per heavy atom. The third-order valence-corrected chi connectivity index (χ3v) is 2.64. The van der Waals surface area contributed by atoms with E-state index in [2.05, 4.69) is 23.5 Å². The van der Waals surface area contributed by atoms with Gasteiger partial charge in [-0.1, -0.05) is 18.2 Å². The Kier molecular flexibility index (Phi) is 4.45. The zero-order chi connectivity index (χ0) is 11.9. The van der Waals surface area contributed by atoms with E-state index in [-0.39, 0.29) is 0 Å². The largest absolute Gasteiger partial charge is 0.490 e. The van der Waals surface area contributed by atoms with Gasteiger partial charge in [0.2, 0.25) is 0 Å². The molecule has 1 aliphatic rings. The van der Waals surface area contributed by atoms with Crippen LogP contribution in [0.15, 0.2) is 24.3 Å². The molecule has 1 aromatic rings. The van der Waals surface area contributed by atoms with Crippen molar-refractivity contribution in [1.82, 2.24) is 5.32 Å². The van der Waals surface area contributed by atoms with E-state index < -0.39 is 0 Å². The van der Waals surface area contributed by atoms with Gasteiger partial charge >= 0.3 is 0 Å². The molecule has 0 fully saturated rings. The Hall–Kier alpha value is -1.48. The van der Waals surface area contributed by atoms with Gasteiger partial charge < -0.3 is 14.8 Å². The topological polar surface area (TPSA) is 30.5 Å². The third-order valence-electron chi connectivity index (χ3n) is 2.64. The van der Waals surface area contributed by atoms with Crippen molar-refractivity contribution in [3.05, 3.63) is 29.8 Å². The van der Waals surface area contributed by atoms with E-state index in [1.807, 2.05) is 19.2 Å². The van der Waals surface area contributed by atoms with Crippen LogP contribution in [0.4, 0.5) is 0 Å². The predicted octanol–water partition coefficient (Wildman–Crippen LogP) is 2.47. The Morgan fingerprint density at radius 2 is 2.06 bits per heavy atom. The van der Waals surface area contributed by atoms with Crippen LogP contribution in [0.2, 0.25) is 0 Å². The first-order valence-corrected chi connectivity index (χ1v) is 6.11. The van der Waals surface area contributed by atoms with Gasteiger partial charge in [0.15, 0.2) is 11.5 Å². The Labute approximate surface area is 102 Å². The zero-order valence-corrected chi connectivity index (χ0v) is 10.2. The van der Waals surface area contributed by atoms with E-state index in [1.54, 1.807) is 0 Å². The van der Waals surface area contributed by atoms with Crippen LogP contribution in [0.25, 0.3) is 6.08 Å². The summed E-state index contributed by atoms with van der Waals surface area (Å²) >= 11 is 0. The van der Waals surface area contributed by atoms with Crippen LogP contribution in [0.3, 0.4) is 0 Å². The van der Waals surface area contributed by atoms with Gasteiger partial charge in [-0.3, -0.25) is 0 Å². The number of nitrogens with one attached hydrogen (secondary N) is 1. The minimum Gasteiger partial charge on any atom is -0.490 e. The predicted molar refractivity (Wildman–Crippen MR) is 69.6 cm³/mol. The SMILES string of the molecule is CNCCC=Cc1ccc2c(c1)OCCCO2. The molecule has 0 spiro atoms. The summed E-state index contributed by atoms with van der Waals surface area (Å²) in [5, 5.41) is 3.12. The van der Waals surface area contributed by atoms with Gasteiger partial charge in [0, 0.05) is 6.42 Å². The third kappa shape index (κ3) is 3.49. The highest BCUT2D eigenvalue weighted by Crippen LogP contribution is 2.30. The van der Waals surface area contributed by atoms with Crippen LogP contribution in [0, 0.1) is 0 Å². The van der Waals surface area contributed by atoms with Crippen LogP contribution < -0.4 is 14.8 Å². The van der Waals surface area contributed by atoms with E-state index >= 15 is 0 Å². The van der Waals surface area contributed by atoms with Gasteiger partial charge in [-0.25, -0.2) is 0 Å². The molecule has 1 heterocycles. The smallest absolute Gasteiger partial charge is 0.161 e. The summed E-state index contributed by atoms with van der Waals surface area (Å²) in [6.07, 6.45) is 6.26. The molecule has 0 saturated heterocycles. The molecular formula is C14H19NO2. The van der Waals surface area contributed by atoms with E-state index in [9.17, 15) is 0 Å². The fraction of sp³-hybridized carbons (Fsp3) is 0.429. The van der Waals surface area contributed by atoms with E-state index in [0.29, 0.717) is 0 Å². The monoisotopic (exact) mass is 233 g/mol. The minimum absolute atomic E-state index is 0.736. The van der Waals surface area contributed by atoms with Crippen molar-refractivity contribution in [2.24, 2.45) is 0 Å². The lowest BCUT2D eigenvalue weighted by atomic mass is 10.2. The molecule has 0 aliphatic carbocycles. The van der Waals surface area contributed by atoms with Crippen LogP contribution in [-0.2, 0) is 0 Å². The minimum atomic E-state index is 0.736. The molecule has 2 rings (SSSR count). The average molecular weight is 233 g/mol. The molecule has 92 valence electrons. The van der Waals surface area contributed by atoms with Crippen LogP contribution in [0.1, 0.15) is 18.4 Å². The number of ether oxygens (including phenoxy) is 2. The van der Waals surface area contributed by atoms with Gasteiger partial charge in [-0.15, -0.1) is 0 Å². The summed E-state index contributed by atoms with van der Waals surface area (Å²) in [4.78, 5) is 0. The molecule has 0 amide bonds. The second-order valence-electron chi connectivity index (χ2n) is 4.05. The summed E-state index contributed by atoms with van der Waals surface area (Å²) in [5.41, 5.74) is 1.16. The zero-order valence-electron chi connectivity index (χ0n) is 10.2. The molecule has 17 heavy (non-hydrogen) atoms. The highest BCUT2D eigenvalue weighted by atomic mass is 16.5. The highest BCUT2D eigenvalue weighted by Gasteiger charge is 2.09. The average Bonchev–Trinajstić information content (AvgIpc) is 2.59. The summed E-state index contributed by atoms with van der Waals surface area (Å²) in [5.74, 6) is 1.72. The van der Waals surface area contributed by atoms with Crippen molar-refractivity contribution >= 4 is 6.08 Å². The second kappa shape index (κ2) is 6.30. The van der Waals surface area contributed by atoms with Gasteiger partial charge in [0.05, 0.1) is 13.2 Å². The Bertz CT molecular complexity index is 388.